The summed E-state index contributed by atoms with van der Waals surface area (Å²) >= 11 is 8.66. The molecule has 0 aliphatic carbocycles. The van der Waals surface area contributed by atoms with Crippen LogP contribution in [-0.2, 0) is 0 Å². The van der Waals surface area contributed by atoms with E-state index in [4.69, 9.17) is 11.5 Å². The minimum absolute atomic E-state index is 0. The second-order valence-electron chi connectivity index (χ2n) is 0.729. The Bertz CT molecular complexity index is 82.0. The van der Waals surface area contributed by atoms with E-state index in [9.17, 15) is 0 Å². The molecule has 36 valence electrons. The Morgan fingerprint density at radius 1 is 0.875 bits per heavy atom. The molecule has 0 heterocycles. The first-order chi connectivity index (χ1) is 2.64. The molecule has 0 amide bonds. The molecule has 0 spiro atoms. The summed E-state index contributed by atoms with van der Waals surface area (Å²) in [5.74, 6) is 0. The fraction of sp³-hybridized carbons (Fsp3) is 0. The second-order valence-corrected chi connectivity index (χ2v) is 1.61. The van der Waals surface area contributed by atoms with Gasteiger partial charge in [-0.1, -0.05) is 24.4 Å². The van der Waals surface area contributed by atoms with Crippen LogP contribution < -0.4 is 11.5 Å². The van der Waals surface area contributed by atoms with Crippen LogP contribution in [0.3, 0.4) is 0 Å². The van der Waals surface area contributed by atoms with Gasteiger partial charge in [-0.05, 0) is 0 Å². The van der Waals surface area contributed by atoms with Crippen LogP contribution in [0, 0.1) is 0 Å². The van der Waals surface area contributed by atoms with Crippen LogP contribution in [0.2, 0.25) is 0 Å². The van der Waals surface area contributed by atoms with Crippen molar-refractivity contribution >= 4 is 93.5 Å². The van der Waals surface area contributed by atoms with Crippen LogP contribution in [0.15, 0.2) is 0 Å². The Kier molecular flexibility index (Phi) is 18.0. The molecule has 0 aliphatic rings. The van der Waals surface area contributed by atoms with Gasteiger partial charge in [0.05, 0.1) is 0 Å². The summed E-state index contributed by atoms with van der Waals surface area (Å²) in [6.07, 6.45) is 0. The number of hydrogen-bond acceptors (Lipinski definition) is 2. The smallest absolute Gasteiger partial charge is 0.131 e. The molecule has 0 aromatic heterocycles. The van der Waals surface area contributed by atoms with Crippen molar-refractivity contribution in [2.75, 3.05) is 0 Å². The molecular formula is C2H4N2Na2S2. The van der Waals surface area contributed by atoms with Gasteiger partial charge < -0.3 is 11.5 Å². The zero-order chi connectivity index (χ0) is 5.15. The van der Waals surface area contributed by atoms with Gasteiger partial charge >= 0.3 is 0 Å². The Morgan fingerprint density at radius 3 is 1.00 bits per heavy atom. The molecule has 0 saturated carbocycles. The van der Waals surface area contributed by atoms with E-state index in [1.165, 1.54) is 0 Å². The molecule has 0 rings (SSSR count). The van der Waals surface area contributed by atoms with Crippen molar-refractivity contribution in [2.24, 2.45) is 11.5 Å². The normalized spacial score (nSPS) is 5.50. The molecule has 2 nitrogen and oxygen atoms in total. The average molecular weight is 166 g/mol. The van der Waals surface area contributed by atoms with Crippen LogP contribution in [0.4, 0.5) is 0 Å². The molecule has 8 heavy (non-hydrogen) atoms. The summed E-state index contributed by atoms with van der Waals surface area (Å²) in [7, 11) is 0. The summed E-state index contributed by atoms with van der Waals surface area (Å²) in [5, 5.41) is 0. The van der Waals surface area contributed by atoms with E-state index in [0.717, 1.165) is 0 Å². The first-order valence-corrected chi connectivity index (χ1v) is 2.05. The Labute approximate surface area is 103 Å². The van der Waals surface area contributed by atoms with Gasteiger partial charge in [0.25, 0.3) is 0 Å². The van der Waals surface area contributed by atoms with Gasteiger partial charge in [0.1, 0.15) is 9.98 Å². The number of thiocarbonyl (C=S) groups is 2. The van der Waals surface area contributed by atoms with Crippen molar-refractivity contribution in [1.82, 2.24) is 0 Å². The predicted octanol–water partition coefficient (Wildman–Crippen LogP) is -1.20. The zero-order valence-electron chi connectivity index (χ0n) is 4.97. The van der Waals surface area contributed by atoms with Crippen LogP contribution in [-0.4, -0.2) is 69.1 Å². The van der Waals surface area contributed by atoms with Gasteiger partial charge in [-0.25, -0.2) is 0 Å². The average Bonchev–Trinajstić information content (AvgIpc) is 1.36. The molecule has 0 bridgehead atoms. The van der Waals surface area contributed by atoms with Crippen molar-refractivity contribution in [3.63, 3.8) is 0 Å². The fourth-order valence-corrected chi connectivity index (χ4v) is 0. The fourth-order valence-electron chi connectivity index (χ4n) is 0. The third-order valence-electron chi connectivity index (χ3n) is 0.243. The summed E-state index contributed by atoms with van der Waals surface area (Å²) in [4.78, 5) is 0.204. The quantitative estimate of drug-likeness (QED) is 0.350. The standard InChI is InChI=1S/C2H4N2S2.2Na/c3-1(5)2(4)6;;/h(H2,3,5)(H2,4,6);;. The van der Waals surface area contributed by atoms with E-state index in [-0.39, 0.29) is 69.1 Å². The maximum atomic E-state index is 4.90. The summed E-state index contributed by atoms with van der Waals surface area (Å²) in [6.45, 7) is 0. The van der Waals surface area contributed by atoms with Crippen LogP contribution in [0.25, 0.3) is 0 Å². The van der Waals surface area contributed by atoms with E-state index >= 15 is 0 Å². The molecule has 0 aromatic carbocycles. The van der Waals surface area contributed by atoms with Crippen LogP contribution in [0.1, 0.15) is 0 Å². The third-order valence-corrected chi connectivity index (χ3v) is 0.812. The topological polar surface area (TPSA) is 52.0 Å². The van der Waals surface area contributed by atoms with Crippen molar-refractivity contribution in [3.05, 3.63) is 0 Å². The summed E-state index contributed by atoms with van der Waals surface area (Å²) in [5.41, 5.74) is 9.80. The SMILES string of the molecule is NC(=S)C(N)=S.[Na].[Na]. The molecule has 0 aliphatic heterocycles. The molecule has 0 saturated heterocycles. The summed E-state index contributed by atoms with van der Waals surface area (Å²) in [6, 6.07) is 0. The van der Waals surface area contributed by atoms with Crippen molar-refractivity contribution in [3.8, 4) is 0 Å². The van der Waals surface area contributed by atoms with Gasteiger partial charge in [0, 0.05) is 59.1 Å². The Balaban J connectivity index is -0.000000125. The monoisotopic (exact) mass is 166 g/mol. The zero-order valence-corrected chi connectivity index (χ0v) is 10.6. The van der Waals surface area contributed by atoms with Crippen molar-refractivity contribution in [2.45, 2.75) is 0 Å². The Hall–Kier alpha value is 1.78. The molecule has 0 atom stereocenters. The van der Waals surface area contributed by atoms with Crippen LogP contribution >= 0.6 is 24.4 Å². The maximum absolute atomic E-state index is 4.90. The van der Waals surface area contributed by atoms with Gasteiger partial charge in [0.2, 0.25) is 0 Å². The van der Waals surface area contributed by atoms with Gasteiger partial charge in [-0.3, -0.25) is 0 Å². The van der Waals surface area contributed by atoms with Crippen LogP contribution in [0.5, 0.6) is 0 Å². The molecule has 0 fully saturated rings. The molecule has 0 unspecified atom stereocenters. The minimum Gasteiger partial charge on any atom is -0.388 e. The van der Waals surface area contributed by atoms with Crippen molar-refractivity contribution in [1.29, 1.82) is 0 Å². The Morgan fingerprint density at radius 2 is 1.00 bits per heavy atom. The van der Waals surface area contributed by atoms with Gasteiger partial charge in [0.15, 0.2) is 0 Å². The first kappa shape index (κ1) is 16.4. The number of nitrogens with two attached hydrogens (primary N) is 2. The van der Waals surface area contributed by atoms with Gasteiger partial charge in [-0.15, -0.1) is 0 Å². The van der Waals surface area contributed by atoms with Crippen molar-refractivity contribution < 1.29 is 0 Å². The molecule has 0 aromatic rings. The second kappa shape index (κ2) is 8.78. The minimum atomic E-state index is 0. The number of rotatable bonds is 0. The van der Waals surface area contributed by atoms with E-state index in [1.54, 1.807) is 0 Å². The van der Waals surface area contributed by atoms with E-state index < -0.39 is 0 Å². The molecule has 6 heteroatoms. The first-order valence-electron chi connectivity index (χ1n) is 1.24. The molecular weight excluding hydrogens is 162 g/mol. The summed E-state index contributed by atoms with van der Waals surface area (Å²) < 4.78 is 0. The third kappa shape index (κ3) is 10.7. The predicted molar refractivity (Wildman–Crippen MR) is 45.1 cm³/mol. The van der Waals surface area contributed by atoms with Gasteiger partial charge in [-0.2, -0.15) is 0 Å². The largest absolute Gasteiger partial charge is 0.388 e. The molecule has 4 N–H and O–H groups in total. The van der Waals surface area contributed by atoms with E-state index in [2.05, 4.69) is 24.4 Å². The number of hydrogen-bond donors (Lipinski definition) is 2. The molecule has 2 radical (unpaired) electrons. The van der Waals surface area contributed by atoms with E-state index in [0.29, 0.717) is 0 Å². The maximum Gasteiger partial charge on any atom is 0.131 e. The van der Waals surface area contributed by atoms with E-state index in [1.807, 2.05) is 0 Å².